The number of nitrogens with zero attached hydrogens (tertiary/aromatic N) is 5. The fourth-order valence-electron chi connectivity index (χ4n) is 4.82. The summed E-state index contributed by atoms with van der Waals surface area (Å²) in [4.78, 5) is 29.9. The van der Waals surface area contributed by atoms with Crippen LogP contribution in [0.4, 0.5) is 5.69 Å². The maximum absolute atomic E-state index is 13.2. The Morgan fingerprint density at radius 2 is 1.97 bits per heavy atom. The summed E-state index contributed by atoms with van der Waals surface area (Å²) in [6, 6.07) is 1.55. The van der Waals surface area contributed by atoms with Crippen molar-refractivity contribution in [3.8, 4) is 0 Å². The zero-order valence-corrected chi connectivity index (χ0v) is 17.2. The Hall–Kier alpha value is -2.68. The molecule has 0 spiro atoms. The highest BCUT2D eigenvalue weighted by Crippen LogP contribution is 2.26. The highest BCUT2D eigenvalue weighted by Gasteiger charge is 2.30. The van der Waals surface area contributed by atoms with Crippen LogP contribution >= 0.6 is 0 Å². The van der Waals surface area contributed by atoms with Gasteiger partial charge in [-0.3, -0.25) is 14.7 Å². The van der Waals surface area contributed by atoms with Crippen LogP contribution in [0.25, 0.3) is 0 Å². The standard InChI is InChI=1S/C21H28N6O3/c28-19-12-16(25-8-10-30-11-9-25)13-22-27(19)15-4-3-7-26(14-15)21(29)20-17-5-1-2-6-18(17)23-24-20/h12-13,15H,1-11,14H2,(H,23,24)/t15-/m0/s1. The van der Waals surface area contributed by atoms with E-state index in [0.29, 0.717) is 32.0 Å². The number of aromatic amines is 1. The van der Waals surface area contributed by atoms with Crippen LogP contribution in [0.5, 0.6) is 0 Å². The Bertz CT molecular complexity index is 977. The summed E-state index contributed by atoms with van der Waals surface area (Å²) in [5.74, 6) is -0.0305. The van der Waals surface area contributed by atoms with E-state index in [1.807, 2.05) is 4.90 Å². The second-order valence-corrected chi connectivity index (χ2v) is 8.38. The average molecular weight is 412 g/mol. The smallest absolute Gasteiger partial charge is 0.274 e. The molecule has 4 heterocycles. The number of H-pyrrole nitrogens is 1. The zero-order chi connectivity index (χ0) is 20.5. The van der Waals surface area contributed by atoms with E-state index in [0.717, 1.165) is 68.6 Å². The number of ether oxygens (including phenoxy) is 1. The maximum Gasteiger partial charge on any atom is 0.274 e. The van der Waals surface area contributed by atoms with E-state index in [-0.39, 0.29) is 17.5 Å². The predicted molar refractivity (Wildman–Crippen MR) is 111 cm³/mol. The van der Waals surface area contributed by atoms with Crippen molar-refractivity contribution in [3.63, 3.8) is 0 Å². The Morgan fingerprint density at radius 3 is 2.80 bits per heavy atom. The van der Waals surface area contributed by atoms with Crippen LogP contribution in [0.2, 0.25) is 0 Å². The van der Waals surface area contributed by atoms with Crippen molar-refractivity contribution in [1.82, 2.24) is 24.9 Å². The number of aromatic nitrogens is 4. The van der Waals surface area contributed by atoms with E-state index in [1.165, 1.54) is 0 Å². The van der Waals surface area contributed by atoms with E-state index in [1.54, 1.807) is 16.9 Å². The van der Waals surface area contributed by atoms with Crippen LogP contribution < -0.4 is 10.5 Å². The molecule has 0 aromatic carbocycles. The molecule has 0 radical (unpaired) electrons. The lowest BCUT2D eigenvalue weighted by Gasteiger charge is -2.33. The molecule has 1 atom stereocenters. The molecular weight excluding hydrogens is 384 g/mol. The molecular formula is C21H28N6O3. The third-order valence-corrected chi connectivity index (χ3v) is 6.48. The Labute approximate surface area is 175 Å². The number of carbonyl (C=O) groups is 1. The second-order valence-electron chi connectivity index (χ2n) is 8.38. The number of nitrogens with one attached hydrogen (secondary N) is 1. The van der Waals surface area contributed by atoms with Gasteiger partial charge in [0.15, 0.2) is 5.69 Å². The lowest BCUT2D eigenvalue weighted by atomic mass is 9.95. The lowest BCUT2D eigenvalue weighted by Crippen LogP contribution is -2.44. The fourth-order valence-corrected chi connectivity index (χ4v) is 4.82. The number of aryl methyl sites for hydroxylation is 1. The molecule has 9 nitrogen and oxygen atoms in total. The molecule has 2 saturated heterocycles. The molecule has 160 valence electrons. The molecule has 1 N–H and O–H groups in total. The summed E-state index contributed by atoms with van der Waals surface area (Å²) in [5, 5.41) is 11.9. The van der Waals surface area contributed by atoms with Gasteiger partial charge >= 0.3 is 0 Å². The number of anilines is 1. The van der Waals surface area contributed by atoms with Gasteiger partial charge in [0.1, 0.15) is 0 Å². The van der Waals surface area contributed by atoms with Crippen molar-refractivity contribution in [1.29, 1.82) is 0 Å². The van der Waals surface area contributed by atoms with Gasteiger partial charge in [-0.2, -0.15) is 10.2 Å². The van der Waals surface area contributed by atoms with Crippen molar-refractivity contribution in [3.05, 3.63) is 39.6 Å². The second kappa shape index (κ2) is 8.22. The van der Waals surface area contributed by atoms with Gasteiger partial charge < -0.3 is 14.5 Å². The van der Waals surface area contributed by atoms with Crippen molar-refractivity contribution in [2.45, 2.75) is 44.6 Å². The third kappa shape index (κ3) is 3.62. The number of rotatable bonds is 3. The molecule has 5 rings (SSSR count). The van der Waals surface area contributed by atoms with Gasteiger partial charge in [0, 0.05) is 43.5 Å². The minimum atomic E-state index is -0.115. The molecule has 2 aromatic heterocycles. The molecule has 0 saturated carbocycles. The first kappa shape index (κ1) is 19.3. The summed E-state index contributed by atoms with van der Waals surface area (Å²) in [6.07, 6.45) is 7.57. The SMILES string of the molecule is O=C(c1n[nH]c2c1CCCC2)N1CCC[C@H](n2ncc(N3CCOCC3)cc2=O)C1. The van der Waals surface area contributed by atoms with E-state index in [9.17, 15) is 9.59 Å². The topological polar surface area (TPSA) is 96.3 Å². The Balaban J connectivity index is 1.32. The van der Waals surface area contributed by atoms with Crippen LogP contribution in [0, 0.1) is 0 Å². The van der Waals surface area contributed by atoms with Crippen molar-refractivity contribution < 1.29 is 9.53 Å². The molecule has 9 heteroatoms. The van der Waals surface area contributed by atoms with Crippen molar-refractivity contribution in [2.24, 2.45) is 0 Å². The molecule has 0 bridgehead atoms. The maximum atomic E-state index is 13.2. The van der Waals surface area contributed by atoms with Gasteiger partial charge in [-0.05, 0) is 38.5 Å². The number of amides is 1. The quantitative estimate of drug-likeness (QED) is 0.813. The fraction of sp³-hybridized carbons (Fsp3) is 0.619. The van der Waals surface area contributed by atoms with Gasteiger partial charge in [0.2, 0.25) is 0 Å². The first-order chi connectivity index (χ1) is 14.7. The van der Waals surface area contributed by atoms with Gasteiger partial charge in [-0.1, -0.05) is 0 Å². The van der Waals surface area contributed by atoms with Gasteiger partial charge in [-0.15, -0.1) is 0 Å². The Morgan fingerprint density at radius 1 is 1.13 bits per heavy atom. The number of morpholine rings is 1. The number of fused-ring (bicyclic) bond motifs is 1. The van der Waals surface area contributed by atoms with Gasteiger partial charge in [0.05, 0.1) is 31.1 Å². The largest absolute Gasteiger partial charge is 0.378 e. The van der Waals surface area contributed by atoms with Gasteiger partial charge in [-0.25, -0.2) is 4.68 Å². The average Bonchev–Trinajstić information content (AvgIpc) is 3.23. The van der Waals surface area contributed by atoms with E-state index in [4.69, 9.17) is 4.74 Å². The molecule has 0 unspecified atom stereocenters. The number of likely N-dealkylation sites (tertiary alicyclic amines) is 1. The minimum Gasteiger partial charge on any atom is -0.378 e. The predicted octanol–water partition coefficient (Wildman–Crippen LogP) is 1.16. The molecule has 2 aromatic rings. The van der Waals surface area contributed by atoms with Crippen molar-refractivity contribution >= 4 is 11.6 Å². The number of carbonyl (C=O) groups excluding carboxylic acids is 1. The minimum absolute atomic E-state index is 0.0305. The molecule has 2 fully saturated rings. The monoisotopic (exact) mass is 412 g/mol. The van der Waals surface area contributed by atoms with Crippen LogP contribution in [0.15, 0.2) is 17.1 Å². The van der Waals surface area contributed by atoms with E-state index in [2.05, 4.69) is 20.2 Å². The van der Waals surface area contributed by atoms with Crippen LogP contribution in [-0.4, -0.2) is 70.2 Å². The van der Waals surface area contributed by atoms with E-state index >= 15 is 0 Å². The summed E-state index contributed by atoms with van der Waals surface area (Å²) >= 11 is 0. The molecule has 3 aliphatic rings. The highest BCUT2D eigenvalue weighted by molar-refractivity contribution is 5.94. The number of hydrogen-bond donors (Lipinski definition) is 1. The molecule has 30 heavy (non-hydrogen) atoms. The van der Waals surface area contributed by atoms with Gasteiger partial charge in [0.25, 0.3) is 11.5 Å². The molecule has 1 amide bonds. The summed E-state index contributed by atoms with van der Waals surface area (Å²) < 4.78 is 6.92. The zero-order valence-electron chi connectivity index (χ0n) is 17.2. The number of hydrogen-bond acceptors (Lipinski definition) is 6. The molecule has 2 aliphatic heterocycles. The normalized spacial score (nSPS) is 22.1. The Kier molecular flexibility index (Phi) is 5.28. The van der Waals surface area contributed by atoms with Crippen molar-refractivity contribution in [2.75, 3.05) is 44.3 Å². The first-order valence-corrected chi connectivity index (χ1v) is 11.0. The molecule has 1 aliphatic carbocycles. The lowest BCUT2D eigenvalue weighted by molar-refractivity contribution is 0.0662. The van der Waals surface area contributed by atoms with E-state index < -0.39 is 0 Å². The third-order valence-electron chi connectivity index (χ3n) is 6.48. The van der Waals surface area contributed by atoms with Crippen LogP contribution in [0.1, 0.15) is 53.5 Å². The summed E-state index contributed by atoms with van der Waals surface area (Å²) in [7, 11) is 0. The summed E-state index contributed by atoms with van der Waals surface area (Å²) in [5.41, 5.74) is 3.48. The first-order valence-electron chi connectivity index (χ1n) is 11.0. The van der Waals surface area contributed by atoms with Crippen LogP contribution in [-0.2, 0) is 17.6 Å². The highest BCUT2D eigenvalue weighted by atomic mass is 16.5. The van der Waals surface area contributed by atoms with Crippen LogP contribution in [0.3, 0.4) is 0 Å². The summed E-state index contributed by atoms with van der Waals surface area (Å²) in [6.45, 7) is 4.05. The number of piperidine rings is 1.